The van der Waals surface area contributed by atoms with E-state index in [0.29, 0.717) is 26.4 Å². The molecule has 0 heterocycles. The van der Waals surface area contributed by atoms with E-state index in [9.17, 15) is 0 Å². The van der Waals surface area contributed by atoms with E-state index in [-0.39, 0.29) is 0 Å². The van der Waals surface area contributed by atoms with Crippen LogP contribution < -0.4 is 10.5 Å². The van der Waals surface area contributed by atoms with Crippen molar-refractivity contribution in [3.05, 3.63) is 65.7 Å². The molecule has 2 rings (SSSR count). The molecule has 0 amide bonds. The molecule has 3 heteroatoms. The molecule has 2 aromatic carbocycles. The van der Waals surface area contributed by atoms with Gasteiger partial charge in [-0.25, -0.2) is 0 Å². The quantitative estimate of drug-likeness (QED) is 0.654. The Balaban J connectivity index is 1.66. The molecule has 3 nitrogen and oxygen atoms in total. The van der Waals surface area contributed by atoms with E-state index in [2.05, 4.69) is 11.8 Å². The molecular formula is C18H19NO2. The monoisotopic (exact) mass is 281 g/mol. The van der Waals surface area contributed by atoms with Crippen LogP contribution in [-0.4, -0.2) is 19.8 Å². The summed E-state index contributed by atoms with van der Waals surface area (Å²) >= 11 is 0. The van der Waals surface area contributed by atoms with Crippen molar-refractivity contribution in [2.45, 2.75) is 6.61 Å². The van der Waals surface area contributed by atoms with Crippen molar-refractivity contribution in [3.8, 4) is 17.6 Å². The van der Waals surface area contributed by atoms with Gasteiger partial charge in [0.25, 0.3) is 0 Å². The summed E-state index contributed by atoms with van der Waals surface area (Å²) in [7, 11) is 0. The average molecular weight is 281 g/mol. The van der Waals surface area contributed by atoms with Crippen LogP contribution in [-0.2, 0) is 11.3 Å². The van der Waals surface area contributed by atoms with Gasteiger partial charge in [-0.05, 0) is 29.8 Å². The standard InChI is InChI=1S/C18H19NO2/c19-12-4-7-16-8-10-18(11-9-16)21-14-13-20-15-17-5-2-1-3-6-17/h1-3,5-6,8-11H,12-15,19H2. The third-order valence-electron chi connectivity index (χ3n) is 2.80. The average Bonchev–Trinajstić information content (AvgIpc) is 2.55. The van der Waals surface area contributed by atoms with E-state index >= 15 is 0 Å². The molecule has 0 radical (unpaired) electrons. The molecule has 0 aliphatic rings. The molecule has 0 unspecified atom stereocenters. The fourth-order valence-corrected chi connectivity index (χ4v) is 1.77. The van der Waals surface area contributed by atoms with E-state index < -0.39 is 0 Å². The van der Waals surface area contributed by atoms with Crippen molar-refractivity contribution in [2.24, 2.45) is 5.73 Å². The van der Waals surface area contributed by atoms with Crippen LogP contribution in [0.15, 0.2) is 54.6 Å². The number of hydrogen-bond donors (Lipinski definition) is 1. The molecule has 2 N–H and O–H groups in total. The molecule has 0 aliphatic carbocycles. The van der Waals surface area contributed by atoms with Gasteiger partial charge in [-0.15, -0.1) is 0 Å². The van der Waals surface area contributed by atoms with Gasteiger partial charge in [0.15, 0.2) is 0 Å². The Morgan fingerprint density at radius 3 is 2.38 bits per heavy atom. The maximum atomic E-state index is 5.61. The van der Waals surface area contributed by atoms with Crippen LogP contribution in [0, 0.1) is 11.8 Å². The van der Waals surface area contributed by atoms with Gasteiger partial charge in [0.1, 0.15) is 12.4 Å². The minimum atomic E-state index is 0.372. The molecule has 0 aromatic heterocycles. The third-order valence-corrected chi connectivity index (χ3v) is 2.80. The Labute approximate surface area is 125 Å². The fourth-order valence-electron chi connectivity index (χ4n) is 1.77. The number of hydrogen-bond acceptors (Lipinski definition) is 3. The largest absolute Gasteiger partial charge is 0.491 e. The second kappa shape index (κ2) is 8.80. The fraction of sp³-hybridized carbons (Fsp3) is 0.222. The van der Waals surface area contributed by atoms with E-state index in [4.69, 9.17) is 15.2 Å². The SMILES string of the molecule is NCC#Cc1ccc(OCCOCc2ccccc2)cc1. The molecule has 0 saturated carbocycles. The van der Waals surface area contributed by atoms with Crippen molar-refractivity contribution in [1.82, 2.24) is 0 Å². The predicted octanol–water partition coefficient (Wildman–Crippen LogP) is 2.59. The summed E-state index contributed by atoms with van der Waals surface area (Å²) in [6.07, 6.45) is 0. The summed E-state index contributed by atoms with van der Waals surface area (Å²) in [4.78, 5) is 0. The first kappa shape index (κ1) is 15.1. The van der Waals surface area contributed by atoms with E-state index in [0.717, 1.165) is 11.3 Å². The van der Waals surface area contributed by atoms with Crippen molar-refractivity contribution in [2.75, 3.05) is 19.8 Å². The smallest absolute Gasteiger partial charge is 0.119 e. The highest BCUT2D eigenvalue weighted by Gasteiger charge is 1.95. The van der Waals surface area contributed by atoms with Crippen LogP contribution in [0.3, 0.4) is 0 Å². The molecule has 0 spiro atoms. The summed E-state index contributed by atoms with van der Waals surface area (Å²) in [5.41, 5.74) is 7.44. The Kier molecular flexibility index (Phi) is 6.34. The molecule has 0 aliphatic heterocycles. The van der Waals surface area contributed by atoms with Crippen LogP contribution in [0.1, 0.15) is 11.1 Å². The van der Waals surface area contributed by atoms with Crippen molar-refractivity contribution >= 4 is 0 Å². The van der Waals surface area contributed by atoms with Gasteiger partial charge < -0.3 is 15.2 Å². The maximum absolute atomic E-state index is 5.61. The summed E-state index contributed by atoms with van der Waals surface area (Å²) in [6, 6.07) is 17.7. The summed E-state index contributed by atoms with van der Waals surface area (Å²) < 4.78 is 11.2. The van der Waals surface area contributed by atoms with E-state index in [1.54, 1.807) is 0 Å². The van der Waals surface area contributed by atoms with Crippen LogP contribution in [0.5, 0.6) is 5.75 Å². The lowest BCUT2D eigenvalue weighted by Crippen LogP contribution is -2.06. The Bertz CT molecular complexity index is 582. The first-order valence-corrected chi connectivity index (χ1v) is 6.92. The molecule has 21 heavy (non-hydrogen) atoms. The number of rotatable bonds is 6. The van der Waals surface area contributed by atoms with Gasteiger partial charge in [0.2, 0.25) is 0 Å². The predicted molar refractivity (Wildman–Crippen MR) is 84.0 cm³/mol. The Hall–Kier alpha value is -2.28. The molecule has 108 valence electrons. The van der Waals surface area contributed by atoms with Gasteiger partial charge in [0, 0.05) is 5.56 Å². The first-order valence-electron chi connectivity index (χ1n) is 6.92. The highest BCUT2D eigenvalue weighted by atomic mass is 16.5. The van der Waals surface area contributed by atoms with Crippen LogP contribution in [0.2, 0.25) is 0 Å². The minimum absolute atomic E-state index is 0.372. The van der Waals surface area contributed by atoms with E-state index in [1.807, 2.05) is 54.6 Å². The second-order valence-electron chi connectivity index (χ2n) is 4.42. The molecular weight excluding hydrogens is 262 g/mol. The van der Waals surface area contributed by atoms with Crippen molar-refractivity contribution in [3.63, 3.8) is 0 Å². The lowest BCUT2D eigenvalue weighted by Gasteiger charge is -2.07. The summed E-state index contributed by atoms with van der Waals surface area (Å²) in [6.45, 7) is 2.07. The number of benzene rings is 2. The maximum Gasteiger partial charge on any atom is 0.119 e. The van der Waals surface area contributed by atoms with Crippen LogP contribution >= 0.6 is 0 Å². The van der Waals surface area contributed by atoms with E-state index in [1.165, 1.54) is 5.56 Å². The van der Waals surface area contributed by atoms with Crippen molar-refractivity contribution in [1.29, 1.82) is 0 Å². The zero-order valence-electron chi connectivity index (χ0n) is 11.9. The third kappa shape index (κ3) is 5.70. The minimum Gasteiger partial charge on any atom is -0.491 e. The lowest BCUT2D eigenvalue weighted by atomic mass is 10.2. The van der Waals surface area contributed by atoms with Gasteiger partial charge in [-0.2, -0.15) is 0 Å². The molecule has 0 fully saturated rings. The number of nitrogens with two attached hydrogens (primary N) is 1. The highest BCUT2D eigenvalue weighted by molar-refractivity contribution is 5.38. The molecule has 2 aromatic rings. The zero-order chi connectivity index (χ0) is 14.8. The summed E-state index contributed by atoms with van der Waals surface area (Å²) in [5.74, 6) is 6.60. The van der Waals surface area contributed by atoms with Crippen LogP contribution in [0.4, 0.5) is 0 Å². The van der Waals surface area contributed by atoms with Gasteiger partial charge >= 0.3 is 0 Å². The molecule has 0 saturated heterocycles. The lowest BCUT2D eigenvalue weighted by molar-refractivity contribution is 0.0889. The molecule has 0 atom stereocenters. The summed E-state index contributed by atoms with van der Waals surface area (Å²) in [5, 5.41) is 0. The number of ether oxygens (including phenoxy) is 2. The van der Waals surface area contributed by atoms with Crippen molar-refractivity contribution < 1.29 is 9.47 Å². The zero-order valence-corrected chi connectivity index (χ0v) is 11.9. The van der Waals surface area contributed by atoms with Crippen LogP contribution in [0.25, 0.3) is 0 Å². The Morgan fingerprint density at radius 1 is 0.905 bits per heavy atom. The second-order valence-corrected chi connectivity index (χ2v) is 4.42. The normalized spacial score (nSPS) is 9.76. The highest BCUT2D eigenvalue weighted by Crippen LogP contribution is 2.11. The first-order chi connectivity index (χ1) is 10.4. The van der Waals surface area contributed by atoms with Gasteiger partial charge in [-0.3, -0.25) is 0 Å². The topological polar surface area (TPSA) is 44.5 Å². The van der Waals surface area contributed by atoms with Gasteiger partial charge in [0.05, 0.1) is 19.8 Å². The molecule has 0 bridgehead atoms. The Morgan fingerprint density at radius 2 is 1.67 bits per heavy atom. The van der Waals surface area contributed by atoms with Gasteiger partial charge in [-0.1, -0.05) is 42.2 Å².